The highest BCUT2D eigenvalue weighted by molar-refractivity contribution is 9.10. The van der Waals surface area contributed by atoms with Crippen molar-refractivity contribution in [1.29, 1.82) is 0 Å². The van der Waals surface area contributed by atoms with Gasteiger partial charge in [0, 0.05) is 10.2 Å². The van der Waals surface area contributed by atoms with Crippen LogP contribution in [0.2, 0.25) is 0 Å². The summed E-state index contributed by atoms with van der Waals surface area (Å²) in [6.07, 6.45) is 4.47. The predicted molar refractivity (Wildman–Crippen MR) is 141 cm³/mol. The lowest BCUT2D eigenvalue weighted by atomic mass is 9.98. The third kappa shape index (κ3) is 4.55. The van der Waals surface area contributed by atoms with Crippen LogP contribution in [0.5, 0.6) is 5.75 Å². The van der Waals surface area contributed by atoms with Crippen LogP contribution in [-0.2, 0) is 0 Å². The first-order chi connectivity index (χ1) is 17.5. The lowest BCUT2D eigenvalue weighted by Gasteiger charge is -2.25. The number of rotatable bonds is 8. The molecule has 5 nitrogen and oxygen atoms in total. The van der Waals surface area contributed by atoms with E-state index in [0.717, 1.165) is 34.7 Å². The minimum Gasteiger partial charge on any atom is -0.494 e. The third-order valence-corrected chi connectivity index (χ3v) is 6.87. The molecule has 1 aliphatic rings. The van der Waals surface area contributed by atoms with E-state index in [2.05, 4.69) is 22.9 Å². The average Bonchev–Trinajstić information content (AvgIpc) is 3.17. The zero-order chi connectivity index (χ0) is 25.2. The highest BCUT2D eigenvalue weighted by Crippen LogP contribution is 2.42. The van der Waals surface area contributed by atoms with Crippen molar-refractivity contribution in [1.82, 2.24) is 0 Å². The largest absolute Gasteiger partial charge is 0.494 e. The molecule has 1 atom stereocenters. The SMILES string of the molecule is CCCCCCOc1ccc(C2c3c(oc4ccc(F)cc4c3=O)C(=O)N2c2cccc(Br)c2)cc1. The fourth-order valence-electron chi connectivity index (χ4n) is 4.62. The van der Waals surface area contributed by atoms with Crippen LogP contribution in [0, 0.1) is 5.82 Å². The lowest BCUT2D eigenvalue weighted by molar-refractivity contribution is 0.0971. The number of fused-ring (bicyclic) bond motifs is 2. The standard InChI is InChI=1S/C29H25BrFNO4/c1-2-3-4-5-15-35-22-12-9-18(10-13-22)26-25-27(33)23-17-20(31)11-14-24(23)36-28(25)29(34)32(26)21-8-6-7-19(30)16-21/h6-14,16-17,26H,2-5,15H2,1H3. The van der Waals surface area contributed by atoms with Gasteiger partial charge in [0.25, 0.3) is 5.91 Å². The summed E-state index contributed by atoms with van der Waals surface area (Å²) >= 11 is 3.47. The van der Waals surface area contributed by atoms with Crippen molar-refractivity contribution in [2.45, 2.75) is 38.6 Å². The van der Waals surface area contributed by atoms with Crippen LogP contribution in [0.4, 0.5) is 10.1 Å². The molecule has 184 valence electrons. The van der Waals surface area contributed by atoms with Gasteiger partial charge in [-0.05, 0) is 60.5 Å². The van der Waals surface area contributed by atoms with Crippen LogP contribution in [0.25, 0.3) is 11.0 Å². The quantitative estimate of drug-likeness (QED) is 0.215. The first-order valence-electron chi connectivity index (χ1n) is 12.1. The normalized spacial score (nSPS) is 14.9. The minimum atomic E-state index is -0.732. The Hall–Kier alpha value is -3.45. The van der Waals surface area contributed by atoms with Crippen LogP contribution in [0.15, 0.2) is 80.4 Å². The number of hydrogen-bond acceptors (Lipinski definition) is 4. The molecule has 0 N–H and O–H groups in total. The highest BCUT2D eigenvalue weighted by atomic mass is 79.9. The van der Waals surface area contributed by atoms with Crippen LogP contribution in [0.3, 0.4) is 0 Å². The summed E-state index contributed by atoms with van der Waals surface area (Å²) in [6, 6.07) is 17.7. The second-order valence-corrected chi connectivity index (χ2v) is 9.77. The van der Waals surface area contributed by atoms with Crippen molar-refractivity contribution in [3.63, 3.8) is 0 Å². The van der Waals surface area contributed by atoms with Gasteiger partial charge >= 0.3 is 0 Å². The van der Waals surface area contributed by atoms with Gasteiger partial charge in [-0.3, -0.25) is 14.5 Å². The molecule has 0 radical (unpaired) electrons. The van der Waals surface area contributed by atoms with Crippen LogP contribution >= 0.6 is 15.9 Å². The summed E-state index contributed by atoms with van der Waals surface area (Å²) in [6.45, 7) is 2.80. The monoisotopic (exact) mass is 549 g/mol. The van der Waals surface area contributed by atoms with E-state index in [1.54, 1.807) is 11.0 Å². The van der Waals surface area contributed by atoms with Gasteiger partial charge in [0.15, 0.2) is 5.43 Å². The van der Waals surface area contributed by atoms with Crippen molar-refractivity contribution >= 4 is 38.5 Å². The van der Waals surface area contributed by atoms with E-state index in [1.807, 2.05) is 42.5 Å². The summed E-state index contributed by atoms with van der Waals surface area (Å²) in [5.74, 6) is -0.269. The van der Waals surface area contributed by atoms with Crippen molar-refractivity contribution in [3.8, 4) is 5.75 Å². The molecule has 0 bridgehead atoms. The molecule has 1 unspecified atom stereocenters. The van der Waals surface area contributed by atoms with Gasteiger partial charge in [-0.2, -0.15) is 0 Å². The first kappa shape index (κ1) is 24.3. The maximum absolute atomic E-state index is 14.0. The molecule has 7 heteroatoms. The molecule has 3 aromatic carbocycles. The molecule has 1 amide bonds. The molecule has 0 spiro atoms. The van der Waals surface area contributed by atoms with Gasteiger partial charge in [-0.1, -0.05) is 60.3 Å². The van der Waals surface area contributed by atoms with Crippen LogP contribution < -0.4 is 15.1 Å². The molecule has 0 saturated heterocycles. The smallest absolute Gasteiger partial charge is 0.295 e. The number of ether oxygens (including phenoxy) is 1. The van der Waals surface area contributed by atoms with E-state index >= 15 is 0 Å². The predicted octanol–water partition coefficient (Wildman–Crippen LogP) is 7.40. The van der Waals surface area contributed by atoms with Crippen molar-refractivity contribution in [2.75, 3.05) is 11.5 Å². The van der Waals surface area contributed by atoms with Crippen molar-refractivity contribution in [2.24, 2.45) is 0 Å². The second kappa shape index (κ2) is 10.3. The van der Waals surface area contributed by atoms with Crippen molar-refractivity contribution in [3.05, 3.63) is 104 Å². The molecule has 36 heavy (non-hydrogen) atoms. The third-order valence-electron chi connectivity index (χ3n) is 6.38. The summed E-state index contributed by atoms with van der Waals surface area (Å²) in [5.41, 5.74) is 1.29. The van der Waals surface area contributed by atoms with Crippen LogP contribution in [-0.4, -0.2) is 12.5 Å². The first-order valence-corrected chi connectivity index (χ1v) is 12.9. The fraction of sp³-hybridized carbons (Fsp3) is 0.241. The van der Waals surface area contributed by atoms with Gasteiger partial charge in [0.05, 0.1) is 23.6 Å². The van der Waals surface area contributed by atoms with E-state index in [-0.39, 0.29) is 22.3 Å². The number of hydrogen-bond donors (Lipinski definition) is 0. The topological polar surface area (TPSA) is 59.8 Å². The number of halogens is 2. The number of benzene rings is 3. The van der Waals surface area contributed by atoms with E-state index in [4.69, 9.17) is 9.15 Å². The summed E-state index contributed by atoms with van der Waals surface area (Å²) in [4.78, 5) is 28.8. The Morgan fingerprint density at radius 1 is 1.00 bits per heavy atom. The molecule has 0 aliphatic carbocycles. The zero-order valence-corrected chi connectivity index (χ0v) is 21.4. The van der Waals surface area contributed by atoms with Crippen LogP contribution in [0.1, 0.15) is 60.3 Å². The summed E-state index contributed by atoms with van der Waals surface area (Å²) < 4.78 is 26.6. The Morgan fingerprint density at radius 2 is 1.81 bits per heavy atom. The maximum Gasteiger partial charge on any atom is 0.295 e. The number of carbonyl (C=O) groups is 1. The maximum atomic E-state index is 14.0. The van der Waals surface area contributed by atoms with Gasteiger partial charge in [0.2, 0.25) is 5.76 Å². The molecule has 4 aromatic rings. The second-order valence-electron chi connectivity index (χ2n) is 8.85. The molecular formula is C29H25BrFNO4. The summed E-state index contributed by atoms with van der Waals surface area (Å²) in [7, 11) is 0. The Morgan fingerprint density at radius 3 is 2.56 bits per heavy atom. The average molecular weight is 550 g/mol. The van der Waals surface area contributed by atoms with Crippen molar-refractivity contribution < 1.29 is 18.3 Å². The van der Waals surface area contributed by atoms with Gasteiger partial charge in [0.1, 0.15) is 17.1 Å². The lowest BCUT2D eigenvalue weighted by Crippen LogP contribution is -2.29. The molecule has 0 saturated carbocycles. The molecule has 1 aromatic heterocycles. The van der Waals surface area contributed by atoms with E-state index < -0.39 is 23.2 Å². The number of unbranched alkanes of at least 4 members (excludes halogenated alkanes) is 3. The fourth-order valence-corrected chi connectivity index (χ4v) is 5.01. The number of anilines is 1. The number of amides is 1. The molecule has 2 heterocycles. The van der Waals surface area contributed by atoms with Gasteiger partial charge in [-0.25, -0.2) is 4.39 Å². The Bertz CT molecular complexity index is 1480. The molecule has 5 rings (SSSR count). The zero-order valence-electron chi connectivity index (χ0n) is 19.8. The minimum absolute atomic E-state index is 0.0275. The van der Waals surface area contributed by atoms with E-state index in [1.165, 1.54) is 25.0 Å². The molecular weight excluding hydrogens is 525 g/mol. The van der Waals surface area contributed by atoms with Gasteiger partial charge in [-0.15, -0.1) is 0 Å². The number of nitrogens with zero attached hydrogens (tertiary/aromatic N) is 1. The van der Waals surface area contributed by atoms with Gasteiger partial charge < -0.3 is 9.15 Å². The highest BCUT2D eigenvalue weighted by Gasteiger charge is 2.43. The Kier molecular flexibility index (Phi) is 6.92. The summed E-state index contributed by atoms with van der Waals surface area (Å²) in [5, 5.41) is 0.106. The van der Waals surface area contributed by atoms with E-state index in [9.17, 15) is 14.0 Å². The Balaban J connectivity index is 1.58. The van der Waals surface area contributed by atoms with E-state index in [0.29, 0.717) is 12.3 Å². The molecule has 1 aliphatic heterocycles. The Labute approximate surface area is 216 Å². The number of carbonyl (C=O) groups excluding carboxylic acids is 1. The molecule has 0 fully saturated rings.